The van der Waals surface area contributed by atoms with Crippen LogP contribution < -0.4 is 15.8 Å². The Morgan fingerprint density at radius 3 is 2.82 bits per heavy atom. The summed E-state index contributed by atoms with van der Waals surface area (Å²) in [5.74, 6) is 0.852. The average Bonchev–Trinajstić information content (AvgIpc) is 3.55. The molecule has 2 aliphatic rings. The van der Waals surface area contributed by atoms with Gasteiger partial charge in [-0.3, -0.25) is 9.36 Å². The fourth-order valence-electron chi connectivity index (χ4n) is 4.89. The Morgan fingerprint density at radius 1 is 1.24 bits per heavy atom. The first-order valence-electron chi connectivity index (χ1n) is 11.4. The van der Waals surface area contributed by atoms with Crippen molar-refractivity contribution in [2.45, 2.75) is 45.3 Å². The summed E-state index contributed by atoms with van der Waals surface area (Å²) >= 11 is 0. The lowest BCUT2D eigenvalue weighted by Gasteiger charge is -2.23. The quantitative estimate of drug-likeness (QED) is 0.616. The van der Waals surface area contributed by atoms with Crippen molar-refractivity contribution in [1.29, 1.82) is 0 Å². The number of aromatic nitrogens is 5. The number of fused-ring (bicyclic) bond motifs is 2. The summed E-state index contributed by atoms with van der Waals surface area (Å²) in [4.78, 5) is 18.6. The standard InChI is InChI=1S/C23H30N8O2/c1-4-25-22(32)30-7-5-23(14-30)6-8-31-20(23)11-18(28-31)16-10-19(21(24)26-12-16)33-13-17-9-15(2)29(3)27-17/h9-12H,4-8,13-14H2,1-3H3,(H2,24,26)(H,25,32)/t23-/m1/s1. The van der Waals surface area contributed by atoms with E-state index in [-0.39, 0.29) is 11.4 Å². The van der Waals surface area contributed by atoms with Gasteiger partial charge in [0.2, 0.25) is 0 Å². The number of aryl methyl sites for hydroxylation is 3. The highest BCUT2D eigenvalue weighted by molar-refractivity contribution is 5.75. The number of nitrogens with two attached hydrogens (primary N) is 1. The van der Waals surface area contributed by atoms with Gasteiger partial charge in [-0.2, -0.15) is 10.2 Å². The molecule has 0 aliphatic carbocycles. The number of ether oxygens (including phenoxy) is 1. The SMILES string of the molecule is CCNC(=O)N1CC[C@@]2(CCn3nc(-c4cnc(N)c(OCc5cc(C)n(C)n5)c4)cc32)C1. The molecule has 33 heavy (non-hydrogen) atoms. The number of hydrogen-bond acceptors (Lipinski definition) is 6. The van der Waals surface area contributed by atoms with Crippen molar-refractivity contribution in [2.75, 3.05) is 25.4 Å². The number of nitrogen functional groups attached to an aromatic ring is 1. The summed E-state index contributed by atoms with van der Waals surface area (Å²) in [5.41, 5.74) is 10.8. The van der Waals surface area contributed by atoms with Crippen LogP contribution in [0.25, 0.3) is 11.3 Å². The average molecular weight is 451 g/mol. The number of amides is 2. The Bertz CT molecular complexity index is 1180. The Morgan fingerprint density at radius 2 is 2.06 bits per heavy atom. The highest BCUT2D eigenvalue weighted by Gasteiger charge is 2.46. The van der Waals surface area contributed by atoms with E-state index in [0.717, 1.165) is 55.1 Å². The molecule has 3 aromatic heterocycles. The van der Waals surface area contributed by atoms with Crippen LogP contribution in [0.5, 0.6) is 5.75 Å². The number of likely N-dealkylation sites (tertiary alicyclic amines) is 1. The van der Waals surface area contributed by atoms with E-state index in [0.29, 0.717) is 24.7 Å². The molecule has 1 spiro atoms. The third-order valence-electron chi connectivity index (χ3n) is 6.81. The van der Waals surface area contributed by atoms with Crippen LogP contribution in [0.4, 0.5) is 10.6 Å². The molecule has 1 atom stereocenters. The van der Waals surface area contributed by atoms with Crippen molar-refractivity contribution in [3.63, 3.8) is 0 Å². The number of hydrogen-bond donors (Lipinski definition) is 2. The summed E-state index contributed by atoms with van der Waals surface area (Å²) < 4.78 is 9.83. The topological polar surface area (TPSA) is 116 Å². The van der Waals surface area contributed by atoms with Crippen LogP contribution in [0.3, 0.4) is 0 Å². The van der Waals surface area contributed by atoms with Crippen LogP contribution in [0, 0.1) is 6.92 Å². The number of pyridine rings is 1. The molecule has 0 bridgehead atoms. The molecule has 0 unspecified atom stereocenters. The van der Waals surface area contributed by atoms with Gasteiger partial charge >= 0.3 is 6.03 Å². The lowest BCUT2D eigenvalue weighted by molar-refractivity contribution is 0.206. The van der Waals surface area contributed by atoms with Gasteiger partial charge in [-0.25, -0.2) is 9.78 Å². The minimum Gasteiger partial charge on any atom is -0.483 e. The van der Waals surface area contributed by atoms with Crippen LogP contribution in [0.1, 0.15) is 36.8 Å². The second kappa shape index (κ2) is 8.09. The van der Waals surface area contributed by atoms with Crippen LogP contribution in [0.15, 0.2) is 24.4 Å². The molecule has 174 valence electrons. The van der Waals surface area contributed by atoms with Gasteiger partial charge in [0.05, 0.1) is 5.69 Å². The Balaban J connectivity index is 1.36. The van der Waals surface area contributed by atoms with Gasteiger partial charge in [-0.15, -0.1) is 0 Å². The Kier molecular flexibility index (Phi) is 5.22. The molecule has 1 fully saturated rings. The van der Waals surface area contributed by atoms with E-state index in [2.05, 4.69) is 26.1 Å². The summed E-state index contributed by atoms with van der Waals surface area (Å²) in [5, 5.41) is 12.2. The molecule has 3 N–H and O–H groups in total. The zero-order chi connectivity index (χ0) is 23.2. The van der Waals surface area contributed by atoms with Gasteiger partial charge in [-0.05, 0) is 44.9 Å². The zero-order valence-electron chi connectivity index (χ0n) is 19.3. The molecule has 1 saturated heterocycles. The van der Waals surface area contributed by atoms with Crippen LogP contribution >= 0.6 is 0 Å². The van der Waals surface area contributed by atoms with Gasteiger partial charge in [-0.1, -0.05) is 0 Å². The Labute approximate surface area is 192 Å². The largest absolute Gasteiger partial charge is 0.483 e. The first kappa shape index (κ1) is 21.3. The third-order valence-corrected chi connectivity index (χ3v) is 6.81. The molecular weight excluding hydrogens is 420 g/mol. The van der Waals surface area contributed by atoms with Crippen molar-refractivity contribution in [3.8, 4) is 17.0 Å². The summed E-state index contributed by atoms with van der Waals surface area (Å²) in [6, 6.07) is 6.02. The first-order valence-corrected chi connectivity index (χ1v) is 11.4. The number of urea groups is 1. The summed E-state index contributed by atoms with van der Waals surface area (Å²) in [6.45, 7) is 7.23. The van der Waals surface area contributed by atoms with E-state index in [1.165, 1.54) is 5.69 Å². The second-order valence-corrected chi connectivity index (χ2v) is 8.97. The number of rotatable bonds is 5. The predicted molar refractivity (Wildman–Crippen MR) is 124 cm³/mol. The van der Waals surface area contributed by atoms with E-state index in [1.54, 1.807) is 6.20 Å². The smallest absolute Gasteiger partial charge is 0.317 e. The molecule has 3 aromatic rings. The van der Waals surface area contributed by atoms with Crippen molar-refractivity contribution >= 4 is 11.8 Å². The molecule has 2 aliphatic heterocycles. The van der Waals surface area contributed by atoms with Crippen LogP contribution in [-0.4, -0.2) is 55.1 Å². The van der Waals surface area contributed by atoms with Crippen LogP contribution in [-0.2, 0) is 25.6 Å². The summed E-state index contributed by atoms with van der Waals surface area (Å²) in [6.07, 6.45) is 3.68. The minimum absolute atomic E-state index is 0.0141. The number of nitrogens with one attached hydrogen (secondary N) is 1. The second-order valence-electron chi connectivity index (χ2n) is 8.97. The van der Waals surface area contributed by atoms with Gasteiger partial charge in [0.25, 0.3) is 0 Å². The van der Waals surface area contributed by atoms with Gasteiger partial charge in [0, 0.05) is 61.8 Å². The van der Waals surface area contributed by atoms with Crippen molar-refractivity contribution < 1.29 is 9.53 Å². The van der Waals surface area contributed by atoms with Gasteiger partial charge < -0.3 is 20.7 Å². The minimum atomic E-state index is -0.0340. The maximum Gasteiger partial charge on any atom is 0.317 e. The van der Waals surface area contributed by atoms with Crippen LogP contribution in [0.2, 0.25) is 0 Å². The third kappa shape index (κ3) is 3.79. The first-order chi connectivity index (χ1) is 15.9. The number of carbonyl (C=O) groups excluding carboxylic acids is 1. The fraction of sp³-hybridized carbons (Fsp3) is 0.478. The number of nitrogens with zero attached hydrogens (tertiary/aromatic N) is 6. The number of carbonyl (C=O) groups is 1. The molecule has 0 aromatic carbocycles. The van der Waals surface area contributed by atoms with Crippen molar-refractivity contribution in [2.24, 2.45) is 7.05 Å². The van der Waals surface area contributed by atoms with Gasteiger partial charge in [0.1, 0.15) is 12.3 Å². The molecule has 5 heterocycles. The van der Waals surface area contributed by atoms with E-state index < -0.39 is 0 Å². The van der Waals surface area contributed by atoms with E-state index in [4.69, 9.17) is 15.6 Å². The van der Waals surface area contributed by atoms with E-state index >= 15 is 0 Å². The predicted octanol–water partition coefficient (Wildman–Crippen LogP) is 2.22. The molecule has 5 rings (SSSR count). The normalized spacial score (nSPS) is 19.3. The highest BCUT2D eigenvalue weighted by Crippen LogP contribution is 2.44. The molecule has 0 saturated carbocycles. The molecule has 10 nitrogen and oxygen atoms in total. The van der Waals surface area contributed by atoms with E-state index in [1.807, 2.05) is 42.6 Å². The molecule has 2 amide bonds. The molecule has 0 radical (unpaired) electrons. The van der Waals surface area contributed by atoms with Gasteiger partial charge in [0.15, 0.2) is 11.6 Å². The van der Waals surface area contributed by atoms with Crippen molar-refractivity contribution in [1.82, 2.24) is 34.8 Å². The number of anilines is 1. The van der Waals surface area contributed by atoms with Crippen molar-refractivity contribution in [3.05, 3.63) is 41.5 Å². The lowest BCUT2D eigenvalue weighted by atomic mass is 9.82. The zero-order valence-corrected chi connectivity index (χ0v) is 19.3. The fourth-order valence-corrected chi connectivity index (χ4v) is 4.89. The van der Waals surface area contributed by atoms with E-state index in [9.17, 15) is 4.79 Å². The summed E-state index contributed by atoms with van der Waals surface area (Å²) in [7, 11) is 1.90. The Hall–Kier alpha value is -3.56. The maximum absolute atomic E-state index is 12.3. The molecular formula is C23H30N8O2. The monoisotopic (exact) mass is 450 g/mol. The lowest BCUT2D eigenvalue weighted by Crippen LogP contribution is -2.40. The highest BCUT2D eigenvalue weighted by atomic mass is 16.5. The maximum atomic E-state index is 12.3. The molecule has 10 heteroatoms.